The van der Waals surface area contributed by atoms with E-state index in [0.717, 1.165) is 12.8 Å². The molecular formula is C20H45NO7Si2. The molecule has 0 aliphatic rings. The molecule has 0 aromatic heterocycles. The lowest BCUT2D eigenvalue weighted by atomic mass is 10.3. The summed E-state index contributed by atoms with van der Waals surface area (Å²) in [5, 5.41) is 0. The molecule has 0 unspecified atom stereocenters. The first-order valence-electron chi connectivity index (χ1n) is 11.5. The Labute approximate surface area is 186 Å². The zero-order valence-electron chi connectivity index (χ0n) is 20.3. The molecule has 0 aliphatic heterocycles. The average molecular weight is 468 g/mol. The van der Waals surface area contributed by atoms with Gasteiger partial charge in [0.05, 0.1) is 0 Å². The lowest BCUT2D eigenvalue weighted by Gasteiger charge is -2.30. The monoisotopic (exact) mass is 467 g/mol. The lowest BCUT2D eigenvalue weighted by molar-refractivity contribution is -0.129. The van der Waals surface area contributed by atoms with Gasteiger partial charge >= 0.3 is 17.6 Å². The molecule has 0 N–H and O–H groups in total. The van der Waals surface area contributed by atoms with Gasteiger partial charge in [0.2, 0.25) is 5.91 Å². The normalized spacial score (nSPS) is 12.4. The van der Waals surface area contributed by atoms with Crippen LogP contribution < -0.4 is 0 Å². The molecule has 0 heterocycles. The summed E-state index contributed by atoms with van der Waals surface area (Å²) < 4.78 is 35.4. The third kappa shape index (κ3) is 11.3. The van der Waals surface area contributed by atoms with E-state index >= 15 is 0 Å². The van der Waals surface area contributed by atoms with E-state index in [9.17, 15) is 4.79 Å². The van der Waals surface area contributed by atoms with Gasteiger partial charge in [0.25, 0.3) is 0 Å². The van der Waals surface area contributed by atoms with Crippen LogP contribution in [-0.2, 0) is 31.4 Å². The van der Waals surface area contributed by atoms with E-state index in [1.54, 1.807) is 6.92 Å². The molecule has 0 fully saturated rings. The summed E-state index contributed by atoms with van der Waals surface area (Å²) in [6.45, 7) is 17.9. The van der Waals surface area contributed by atoms with Crippen LogP contribution in [0.3, 0.4) is 0 Å². The van der Waals surface area contributed by atoms with Crippen molar-refractivity contribution in [2.24, 2.45) is 0 Å². The molecule has 0 saturated carbocycles. The Morgan fingerprint density at radius 3 is 1.07 bits per heavy atom. The molecule has 0 rings (SSSR count). The molecule has 0 radical (unpaired) electrons. The van der Waals surface area contributed by atoms with Crippen LogP contribution in [0.4, 0.5) is 0 Å². The smallest absolute Gasteiger partial charge is 0.374 e. The summed E-state index contributed by atoms with van der Waals surface area (Å²) in [5.41, 5.74) is 0. The zero-order valence-corrected chi connectivity index (χ0v) is 22.3. The second-order valence-corrected chi connectivity index (χ2v) is 12.1. The van der Waals surface area contributed by atoms with E-state index in [1.165, 1.54) is 0 Å². The summed E-state index contributed by atoms with van der Waals surface area (Å²) in [4.78, 5) is 14.0. The molecule has 8 nitrogen and oxygen atoms in total. The molecule has 0 atom stereocenters. The van der Waals surface area contributed by atoms with Gasteiger partial charge in [-0.1, -0.05) is 0 Å². The first-order chi connectivity index (χ1) is 14.4. The summed E-state index contributed by atoms with van der Waals surface area (Å²) in [6.07, 6.45) is 1.55. The van der Waals surface area contributed by atoms with Crippen molar-refractivity contribution >= 4 is 23.5 Å². The highest BCUT2D eigenvalue weighted by molar-refractivity contribution is 6.61. The molecule has 30 heavy (non-hydrogen) atoms. The van der Waals surface area contributed by atoms with Gasteiger partial charge in [-0.15, -0.1) is 0 Å². The second kappa shape index (κ2) is 17.2. The maximum atomic E-state index is 12.2. The van der Waals surface area contributed by atoms with Crippen molar-refractivity contribution in [1.82, 2.24) is 4.90 Å². The number of carbonyl (C=O) groups is 1. The number of nitrogens with zero attached hydrogens (tertiary/aromatic N) is 1. The Kier molecular flexibility index (Phi) is 17.1. The Morgan fingerprint density at radius 1 is 0.600 bits per heavy atom. The van der Waals surface area contributed by atoms with Crippen LogP contribution in [0.5, 0.6) is 0 Å². The quantitative estimate of drug-likeness (QED) is 0.253. The fourth-order valence-corrected chi connectivity index (χ4v) is 8.59. The minimum absolute atomic E-state index is 0.0583. The van der Waals surface area contributed by atoms with Crippen LogP contribution in [0.25, 0.3) is 0 Å². The number of hydrogen-bond acceptors (Lipinski definition) is 7. The molecule has 0 aliphatic carbocycles. The minimum Gasteiger partial charge on any atom is -0.374 e. The van der Waals surface area contributed by atoms with Crippen LogP contribution in [0.2, 0.25) is 12.1 Å². The summed E-state index contributed by atoms with van der Waals surface area (Å²) >= 11 is 0. The summed E-state index contributed by atoms with van der Waals surface area (Å²) in [6, 6.07) is 1.39. The predicted octanol–water partition coefficient (Wildman–Crippen LogP) is 3.71. The average Bonchev–Trinajstić information content (AvgIpc) is 2.68. The number of hydrogen-bond donors (Lipinski definition) is 0. The highest BCUT2D eigenvalue weighted by Crippen LogP contribution is 2.20. The van der Waals surface area contributed by atoms with Crippen molar-refractivity contribution < 1.29 is 31.4 Å². The maximum absolute atomic E-state index is 12.2. The second-order valence-electron chi connectivity index (χ2n) is 6.68. The van der Waals surface area contributed by atoms with Gasteiger partial charge in [-0.05, 0) is 54.4 Å². The summed E-state index contributed by atoms with van der Waals surface area (Å²) in [5.74, 6) is 0.0583. The van der Waals surface area contributed by atoms with Crippen molar-refractivity contribution in [1.29, 1.82) is 0 Å². The number of amides is 1. The zero-order chi connectivity index (χ0) is 22.9. The molecule has 0 bridgehead atoms. The van der Waals surface area contributed by atoms with E-state index in [1.807, 2.05) is 46.4 Å². The minimum atomic E-state index is -2.68. The first-order valence-corrected chi connectivity index (χ1v) is 15.3. The van der Waals surface area contributed by atoms with Crippen LogP contribution in [0, 0.1) is 0 Å². The van der Waals surface area contributed by atoms with E-state index in [2.05, 4.69) is 0 Å². The maximum Gasteiger partial charge on any atom is 0.500 e. The number of carbonyl (C=O) groups excluding carboxylic acids is 1. The molecular weight excluding hydrogens is 422 g/mol. The topological polar surface area (TPSA) is 75.7 Å². The largest absolute Gasteiger partial charge is 0.500 e. The predicted molar refractivity (Wildman–Crippen MR) is 122 cm³/mol. The van der Waals surface area contributed by atoms with Gasteiger partial charge < -0.3 is 31.5 Å². The van der Waals surface area contributed by atoms with Gasteiger partial charge in [0.1, 0.15) is 0 Å². The highest BCUT2D eigenvalue weighted by Gasteiger charge is 2.41. The Bertz CT molecular complexity index is 377. The van der Waals surface area contributed by atoms with Crippen LogP contribution >= 0.6 is 0 Å². The van der Waals surface area contributed by atoms with E-state index < -0.39 is 17.6 Å². The lowest BCUT2D eigenvalue weighted by Crippen LogP contribution is -2.47. The molecule has 0 saturated heterocycles. The van der Waals surface area contributed by atoms with Crippen LogP contribution in [-0.4, -0.2) is 81.1 Å². The van der Waals surface area contributed by atoms with Crippen molar-refractivity contribution in [2.45, 2.75) is 73.4 Å². The third-order valence-corrected chi connectivity index (χ3v) is 10.8. The van der Waals surface area contributed by atoms with Crippen molar-refractivity contribution in [3.05, 3.63) is 0 Å². The Hall–Kier alpha value is -0.336. The van der Waals surface area contributed by atoms with Gasteiger partial charge in [-0.3, -0.25) is 4.79 Å². The van der Waals surface area contributed by atoms with Crippen molar-refractivity contribution in [2.75, 3.05) is 52.7 Å². The highest BCUT2D eigenvalue weighted by atomic mass is 28.4. The summed E-state index contributed by atoms with van der Waals surface area (Å²) in [7, 11) is -5.36. The van der Waals surface area contributed by atoms with Crippen LogP contribution in [0.1, 0.15) is 61.3 Å². The molecule has 0 spiro atoms. The molecule has 180 valence electrons. The van der Waals surface area contributed by atoms with Gasteiger partial charge in [-0.2, -0.15) is 0 Å². The molecule has 1 amide bonds. The van der Waals surface area contributed by atoms with Gasteiger partial charge in [0, 0.05) is 71.7 Å². The first kappa shape index (κ1) is 29.7. The molecule has 0 aromatic carbocycles. The van der Waals surface area contributed by atoms with Crippen LogP contribution in [0.15, 0.2) is 0 Å². The van der Waals surface area contributed by atoms with E-state index in [0.29, 0.717) is 64.8 Å². The van der Waals surface area contributed by atoms with E-state index in [-0.39, 0.29) is 5.91 Å². The molecule has 0 aromatic rings. The number of rotatable bonds is 20. The van der Waals surface area contributed by atoms with Crippen molar-refractivity contribution in [3.63, 3.8) is 0 Å². The SMILES string of the molecule is CCO[Si](CCCN(CCC[Si](OCC)(OCC)OCC)C(C)=O)(OCC)OCC. The third-order valence-electron chi connectivity index (χ3n) is 4.45. The van der Waals surface area contributed by atoms with Gasteiger partial charge in [0.15, 0.2) is 0 Å². The molecule has 10 heteroatoms. The fourth-order valence-electron chi connectivity index (χ4n) is 3.40. The van der Waals surface area contributed by atoms with E-state index in [4.69, 9.17) is 26.6 Å². The fraction of sp³-hybridized carbons (Fsp3) is 0.950. The van der Waals surface area contributed by atoms with Gasteiger partial charge in [-0.25, -0.2) is 0 Å². The van der Waals surface area contributed by atoms with Crippen molar-refractivity contribution in [3.8, 4) is 0 Å². The standard InChI is InChI=1S/C20H45NO7Si2/c1-8-23-29(24-9-2,25-10-3)18-14-16-21(20(7)22)17-15-19-30(26-11-4,27-12-5)28-13-6/h8-19H2,1-7H3. The Morgan fingerprint density at radius 2 is 0.867 bits per heavy atom. The Balaban J connectivity index is 4.84.